The van der Waals surface area contributed by atoms with Gasteiger partial charge in [-0.3, -0.25) is 0 Å². The number of rotatable bonds is 6. The van der Waals surface area contributed by atoms with Crippen LogP contribution in [0.1, 0.15) is 63.4 Å². The highest BCUT2D eigenvalue weighted by atomic mass is 16.3. The minimum Gasteiger partial charge on any atom is -0.395 e. The second-order valence-corrected chi connectivity index (χ2v) is 6.08. The summed E-state index contributed by atoms with van der Waals surface area (Å²) in [5.74, 6) is 1.00. The fourth-order valence-electron chi connectivity index (χ4n) is 3.06. The summed E-state index contributed by atoms with van der Waals surface area (Å²) in [6, 6.07) is 0.421. The molecule has 1 saturated carbocycles. The molecule has 1 aliphatic carbocycles. The van der Waals surface area contributed by atoms with Gasteiger partial charge in [0, 0.05) is 18.5 Å². The van der Waals surface area contributed by atoms with Crippen LogP contribution in [0.25, 0.3) is 0 Å². The molecule has 1 aromatic rings. The first-order valence-electron chi connectivity index (χ1n) is 8.01. The van der Waals surface area contributed by atoms with Crippen LogP contribution in [-0.4, -0.2) is 39.4 Å². The Morgan fingerprint density at radius 1 is 1.24 bits per heavy atom. The standard InChI is InChI=1S/C16H27N3O2/c1-12(2)16-17-10-15(14(11-21)18-16)19(8-9-20)13-6-4-3-5-7-13/h10,12-13,20-21H,3-9,11H2,1-2H3. The molecule has 0 bridgehead atoms. The van der Waals surface area contributed by atoms with Crippen LogP contribution < -0.4 is 4.90 Å². The fraction of sp³-hybridized carbons (Fsp3) is 0.750. The van der Waals surface area contributed by atoms with Gasteiger partial charge in [-0.1, -0.05) is 33.1 Å². The van der Waals surface area contributed by atoms with Gasteiger partial charge in [-0.15, -0.1) is 0 Å². The Balaban J connectivity index is 2.29. The van der Waals surface area contributed by atoms with Crippen LogP contribution in [0.4, 0.5) is 5.69 Å². The van der Waals surface area contributed by atoms with Gasteiger partial charge in [0.25, 0.3) is 0 Å². The average Bonchev–Trinajstić information content (AvgIpc) is 2.53. The number of hydrogen-bond donors (Lipinski definition) is 2. The molecule has 0 aromatic carbocycles. The fourth-order valence-corrected chi connectivity index (χ4v) is 3.06. The first-order chi connectivity index (χ1) is 10.2. The number of hydrogen-bond acceptors (Lipinski definition) is 5. The first-order valence-corrected chi connectivity index (χ1v) is 8.01. The van der Waals surface area contributed by atoms with E-state index in [2.05, 4.69) is 14.9 Å². The van der Waals surface area contributed by atoms with Crippen molar-refractivity contribution in [3.8, 4) is 0 Å². The Morgan fingerprint density at radius 3 is 2.52 bits per heavy atom. The molecule has 1 aliphatic rings. The summed E-state index contributed by atoms with van der Waals surface area (Å²) in [6.45, 7) is 4.67. The van der Waals surface area contributed by atoms with Crippen LogP contribution in [-0.2, 0) is 6.61 Å². The molecule has 0 atom stereocenters. The molecule has 1 heterocycles. The van der Waals surface area contributed by atoms with E-state index in [-0.39, 0.29) is 19.1 Å². The quantitative estimate of drug-likeness (QED) is 0.841. The molecule has 5 nitrogen and oxygen atoms in total. The molecule has 1 aromatic heterocycles. The van der Waals surface area contributed by atoms with E-state index in [9.17, 15) is 10.2 Å². The summed E-state index contributed by atoms with van der Waals surface area (Å²) < 4.78 is 0. The summed E-state index contributed by atoms with van der Waals surface area (Å²) in [7, 11) is 0. The number of aromatic nitrogens is 2. The maximum absolute atomic E-state index is 9.66. The number of aliphatic hydroxyl groups excluding tert-OH is 2. The minimum atomic E-state index is -0.0910. The zero-order valence-corrected chi connectivity index (χ0v) is 13.1. The molecule has 2 N–H and O–H groups in total. The summed E-state index contributed by atoms with van der Waals surface area (Å²) in [5, 5.41) is 19.1. The molecule has 0 saturated heterocycles. The van der Waals surface area contributed by atoms with Crippen LogP contribution in [0.3, 0.4) is 0 Å². The van der Waals surface area contributed by atoms with Crippen LogP contribution in [0.5, 0.6) is 0 Å². The maximum atomic E-state index is 9.66. The van der Waals surface area contributed by atoms with Gasteiger partial charge in [0.05, 0.1) is 30.8 Å². The Labute approximate surface area is 127 Å². The molecule has 0 amide bonds. The van der Waals surface area contributed by atoms with E-state index in [0.717, 1.165) is 24.4 Å². The number of nitrogens with zero attached hydrogens (tertiary/aromatic N) is 3. The van der Waals surface area contributed by atoms with Crippen molar-refractivity contribution in [1.29, 1.82) is 0 Å². The van der Waals surface area contributed by atoms with E-state index >= 15 is 0 Å². The van der Waals surface area contributed by atoms with E-state index in [0.29, 0.717) is 18.3 Å². The van der Waals surface area contributed by atoms with E-state index in [1.165, 1.54) is 19.3 Å². The van der Waals surface area contributed by atoms with Crippen LogP contribution in [0, 0.1) is 0 Å². The third-order valence-electron chi connectivity index (χ3n) is 4.20. The molecule has 5 heteroatoms. The molecule has 0 unspecified atom stereocenters. The maximum Gasteiger partial charge on any atom is 0.131 e. The molecule has 118 valence electrons. The van der Waals surface area contributed by atoms with Crippen LogP contribution in [0.15, 0.2) is 6.20 Å². The SMILES string of the molecule is CC(C)c1ncc(N(CCO)C2CCCCC2)c(CO)n1. The van der Waals surface area contributed by atoms with Crippen molar-refractivity contribution in [1.82, 2.24) is 9.97 Å². The van der Waals surface area contributed by atoms with Crippen molar-refractivity contribution in [3.63, 3.8) is 0 Å². The Bertz CT molecular complexity index is 445. The molecule has 0 aliphatic heterocycles. The van der Waals surface area contributed by atoms with E-state index in [4.69, 9.17) is 0 Å². The molecular formula is C16H27N3O2. The van der Waals surface area contributed by atoms with E-state index in [1.807, 2.05) is 20.0 Å². The highest BCUT2D eigenvalue weighted by Crippen LogP contribution is 2.29. The van der Waals surface area contributed by atoms with Crippen molar-refractivity contribution in [2.24, 2.45) is 0 Å². The van der Waals surface area contributed by atoms with Gasteiger partial charge in [-0.2, -0.15) is 0 Å². The Morgan fingerprint density at radius 2 is 1.95 bits per heavy atom. The van der Waals surface area contributed by atoms with Crippen LogP contribution >= 0.6 is 0 Å². The van der Waals surface area contributed by atoms with Crippen LogP contribution in [0.2, 0.25) is 0 Å². The zero-order chi connectivity index (χ0) is 15.2. The van der Waals surface area contributed by atoms with Crippen molar-refractivity contribution in [2.45, 2.75) is 64.5 Å². The molecule has 2 rings (SSSR count). The van der Waals surface area contributed by atoms with Gasteiger partial charge < -0.3 is 15.1 Å². The van der Waals surface area contributed by atoms with Gasteiger partial charge in [0.2, 0.25) is 0 Å². The minimum absolute atomic E-state index is 0.0910. The Kier molecular flexibility index (Phi) is 5.94. The Hall–Kier alpha value is -1.20. The monoisotopic (exact) mass is 293 g/mol. The van der Waals surface area contributed by atoms with Gasteiger partial charge >= 0.3 is 0 Å². The van der Waals surface area contributed by atoms with E-state index < -0.39 is 0 Å². The molecule has 0 spiro atoms. The smallest absolute Gasteiger partial charge is 0.131 e. The van der Waals surface area contributed by atoms with Crippen molar-refractivity contribution < 1.29 is 10.2 Å². The molecular weight excluding hydrogens is 266 g/mol. The molecule has 0 radical (unpaired) electrons. The highest BCUT2D eigenvalue weighted by molar-refractivity contribution is 5.50. The number of aliphatic hydroxyl groups is 2. The normalized spacial score (nSPS) is 16.4. The van der Waals surface area contributed by atoms with Gasteiger partial charge in [-0.25, -0.2) is 9.97 Å². The lowest BCUT2D eigenvalue weighted by molar-refractivity contribution is 0.272. The predicted octanol–water partition coefficient (Wildman–Crippen LogP) is 2.22. The summed E-state index contributed by atoms with van der Waals surface area (Å²) in [5.41, 5.74) is 1.55. The second kappa shape index (κ2) is 7.71. The average molecular weight is 293 g/mol. The first kappa shape index (κ1) is 16.2. The van der Waals surface area contributed by atoms with Gasteiger partial charge in [0.1, 0.15) is 5.82 Å². The lowest BCUT2D eigenvalue weighted by Gasteiger charge is -2.36. The lowest BCUT2D eigenvalue weighted by atomic mass is 9.93. The summed E-state index contributed by atoms with van der Waals surface area (Å²) in [4.78, 5) is 11.1. The zero-order valence-electron chi connectivity index (χ0n) is 13.1. The van der Waals surface area contributed by atoms with Gasteiger partial charge in [0.15, 0.2) is 0 Å². The summed E-state index contributed by atoms with van der Waals surface area (Å²) >= 11 is 0. The van der Waals surface area contributed by atoms with Crippen molar-refractivity contribution in [3.05, 3.63) is 17.7 Å². The lowest BCUT2D eigenvalue weighted by Crippen LogP contribution is -2.39. The number of anilines is 1. The third kappa shape index (κ3) is 3.92. The van der Waals surface area contributed by atoms with Crippen molar-refractivity contribution in [2.75, 3.05) is 18.1 Å². The van der Waals surface area contributed by atoms with Gasteiger partial charge in [-0.05, 0) is 12.8 Å². The molecule has 21 heavy (non-hydrogen) atoms. The largest absolute Gasteiger partial charge is 0.395 e. The molecule has 1 fully saturated rings. The summed E-state index contributed by atoms with van der Waals surface area (Å²) in [6.07, 6.45) is 7.84. The second-order valence-electron chi connectivity index (χ2n) is 6.08. The topological polar surface area (TPSA) is 69.5 Å². The van der Waals surface area contributed by atoms with Crippen molar-refractivity contribution >= 4 is 5.69 Å². The van der Waals surface area contributed by atoms with E-state index in [1.54, 1.807) is 0 Å². The highest BCUT2D eigenvalue weighted by Gasteiger charge is 2.24. The third-order valence-corrected chi connectivity index (χ3v) is 4.20. The predicted molar refractivity (Wildman–Crippen MR) is 83.3 cm³/mol.